The first-order chi connectivity index (χ1) is 8.63. The standard InChI is InChI=1S/C11H16N2O4S/c1-2-17-11(16)8-5-18-6-13(8)10(15)7-3-4-9(14)12-7/h7-8H,2-6H2,1H3,(H,12,14). The molecule has 2 aliphatic rings. The summed E-state index contributed by atoms with van der Waals surface area (Å²) in [5.74, 6) is 0.400. The first-order valence-corrected chi connectivity index (χ1v) is 7.13. The van der Waals surface area contributed by atoms with Gasteiger partial charge >= 0.3 is 5.97 Å². The van der Waals surface area contributed by atoms with E-state index in [-0.39, 0.29) is 17.8 Å². The summed E-state index contributed by atoms with van der Waals surface area (Å²) in [5.41, 5.74) is 0. The molecule has 0 aromatic rings. The molecule has 0 aromatic heterocycles. The Kier molecular flexibility index (Phi) is 4.11. The number of amides is 2. The van der Waals surface area contributed by atoms with Crippen LogP contribution in [-0.2, 0) is 19.1 Å². The van der Waals surface area contributed by atoms with Gasteiger partial charge in [0.2, 0.25) is 11.8 Å². The number of thioether (sulfide) groups is 1. The van der Waals surface area contributed by atoms with Gasteiger partial charge in [-0.05, 0) is 13.3 Å². The molecule has 2 rings (SSSR count). The molecule has 6 nitrogen and oxygen atoms in total. The Balaban J connectivity index is 2.00. The van der Waals surface area contributed by atoms with E-state index in [0.29, 0.717) is 31.1 Å². The molecule has 0 spiro atoms. The van der Waals surface area contributed by atoms with Crippen molar-refractivity contribution < 1.29 is 19.1 Å². The van der Waals surface area contributed by atoms with E-state index in [2.05, 4.69) is 5.32 Å². The Hall–Kier alpha value is -1.24. The van der Waals surface area contributed by atoms with Gasteiger partial charge < -0.3 is 15.0 Å². The predicted octanol–water partition coefficient (Wildman–Crippen LogP) is -0.270. The SMILES string of the molecule is CCOC(=O)C1CSCN1C(=O)C1CCC(=O)N1. The van der Waals surface area contributed by atoms with Crippen molar-refractivity contribution in [3.63, 3.8) is 0 Å². The fourth-order valence-electron chi connectivity index (χ4n) is 2.09. The summed E-state index contributed by atoms with van der Waals surface area (Å²) in [6, 6.07) is -0.993. The number of esters is 1. The normalized spacial score (nSPS) is 27.2. The number of carbonyl (C=O) groups is 3. The third-order valence-corrected chi connectivity index (χ3v) is 4.03. The quantitative estimate of drug-likeness (QED) is 0.716. The highest BCUT2D eigenvalue weighted by molar-refractivity contribution is 7.99. The van der Waals surface area contributed by atoms with Crippen LogP contribution in [0.5, 0.6) is 0 Å². The molecule has 2 saturated heterocycles. The highest BCUT2D eigenvalue weighted by atomic mass is 32.2. The van der Waals surface area contributed by atoms with Crippen LogP contribution in [0, 0.1) is 0 Å². The Morgan fingerprint density at radius 3 is 2.94 bits per heavy atom. The van der Waals surface area contributed by atoms with E-state index in [1.165, 1.54) is 16.7 Å². The summed E-state index contributed by atoms with van der Waals surface area (Å²) >= 11 is 1.52. The molecule has 2 fully saturated rings. The summed E-state index contributed by atoms with van der Waals surface area (Å²) < 4.78 is 4.96. The molecule has 2 aliphatic heterocycles. The minimum Gasteiger partial charge on any atom is -0.464 e. The van der Waals surface area contributed by atoms with E-state index in [9.17, 15) is 14.4 Å². The number of hydrogen-bond acceptors (Lipinski definition) is 5. The number of hydrogen-bond donors (Lipinski definition) is 1. The van der Waals surface area contributed by atoms with Crippen molar-refractivity contribution in [3.8, 4) is 0 Å². The minimum atomic E-state index is -0.514. The first-order valence-electron chi connectivity index (χ1n) is 5.97. The smallest absolute Gasteiger partial charge is 0.329 e. The fourth-order valence-corrected chi connectivity index (χ4v) is 3.24. The maximum absolute atomic E-state index is 12.2. The molecule has 2 atom stereocenters. The van der Waals surface area contributed by atoms with Crippen molar-refractivity contribution in [1.29, 1.82) is 0 Å². The van der Waals surface area contributed by atoms with Gasteiger partial charge in [0.15, 0.2) is 0 Å². The Bertz CT molecular complexity index is 374. The van der Waals surface area contributed by atoms with Gasteiger partial charge in [0.25, 0.3) is 0 Å². The second-order valence-corrected chi connectivity index (χ2v) is 5.23. The van der Waals surface area contributed by atoms with Gasteiger partial charge in [0.1, 0.15) is 12.1 Å². The Morgan fingerprint density at radius 2 is 2.33 bits per heavy atom. The van der Waals surface area contributed by atoms with Gasteiger partial charge in [-0.2, -0.15) is 0 Å². The van der Waals surface area contributed by atoms with E-state index in [1.807, 2.05) is 0 Å². The van der Waals surface area contributed by atoms with Gasteiger partial charge in [-0.1, -0.05) is 0 Å². The monoisotopic (exact) mass is 272 g/mol. The van der Waals surface area contributed by atoms with Crippen LogP contribution in [0.4, 0.5) is 0 Å². The van der Waals surface area contributed by atoms with Crippen molar-refractivity contribution in [2.75, 3.05) is 18.2 Å². The van der Waals surface area contributed by atoms with Crippen molar-refractivity contribution >= 4 is 29.5 Å². The molecular formula is C11H16N2O4S. The molecule has 0 aromatic carbocycles. The summed E-state index contributed by atoms with van der Waals surface area (Å²) in [4.78, 5) is 36.5. The third kappa shape index (κ3) is 2.60. The van der Waals surface area contributed by atoms with Crippen LogP contribution in [0.1, 0.15) is 19.8 Å². The maximum atomic E-state index is 12.2. The summed E-state index contributed by atoms with van der Waals surface area (Å²) in [7, 11) is 0. The number of rotatable bonds is 3. The van der Waals surface area contributed by atoms with Crippen molar-refractivity contribution in [3.05, 3.63) is 0 Å². The Morgan fingerprint density at radius 1 is 1.56 bits per heavy atom. The molecule has 7 heteroatoms. The lowest BCUT2D eigenvalue weighted by atomic mass is 10.2. The molecule has 2 heterocycles. The van der Waals surface area contributed by atoms with E-state index in [0.717, 1.165) is 0 Å². The largest absolute Gasteiger partial charge is 0.464 e. The number of ether oxygens (including phenoxy) is 1. The zero-order chi connectivity index (χ0) is 13.1. The molecule has 0 bridgehead atoms. The van der Waals surface area contributed by atoms with Crippen LogP contribution in [0.25, 0.3) is 0 Å². The zero-order valence-electron chi connectivity index (χ0n) is 10.2. The molecule has 1 N–H and O–H groups in total. The van der Waals surface area contributed by atoms with E-state index < -0.39 is 12.1 Å². The lowest BCUT2D eigenvalue weighted by Gasteiger charge is -2.24. The van der Waals surface area contributed by atoms with E-state index in [1.54, 1.807) is 6.92 Å². The lowest BCUT2D eigenvalue weighted by molar-refractivity contribution is -0.153. The van der Waals surface area contributed by atoms with Crippen molar-refractivity contribution in [1.82, 2.24) is 10.2 Å². The average Bonchev–Trinajstić information content (AvgIpc) is 2.96. The maximum Gasteiger partial charge on any atom is 0.329 e. The van der Waals surface area contributed by atoms with Gasteiger partial charge in [-0.15, -0.1) is 11.8 Å². The van der Waals surface area contributed by atoms with Crippen LogP contribution >= 0.6 is 11.8 Å². The van der Waals surface area contributed by atoms with E-state index in [4.69, 9.17) is 4.74 Å². The summed E-state index contributed by atoms with van der Waals surface area (Å²) in [5, 5.41) is 2.63. The highest BCUT2D eigenvalue weighted by Crippen LogP contribution is 2.24. The number of nitrogens with one attached hydrogen (secondary N) is 1. The summed E-state index contributed by atoms with van der Waals surface area (Å²) in [6.45, 7) is 2.05. The molecule has 0 saturated carbocycles. The van der Waals surface area contributed by atoms with Gasteiger partial charge in [0, 0.05) is 12.2 Å². The Labute approximate surface area is 109 Å². The van der Waals surface area contributed by atoms with Crippen LogP contribution < -0.4 is 5.32 Å². The fraction of sp³-hybridized carbons (Fsp3) is 0.727. The highest BCUT2D eigenvalue weighted by Gasteiger charge is 2.40. The van der Waals surface area contributed by atoms with Crippen LogP contribution in [0.15, 0.2) is 0 Å². The second-order valence-electron chi connectivity index (χ2n) is 4.23. The minimum absolute atomic E-state index is 0.104. The number of nitrogens with zero attached hydrogens (tertiary/aromatic N) is 1. The lowest BCUT2D eigenvalue weighted by Crippen LogP contribution is -2.49. The zero-order valence-corrected chi connectivity index (χ0v) is 11.0. The van der Waals surface area contributed by atoms with Crippen LogP contribution in [-0.4, -0.2) is 53.0 Å². The molecular weight excluding hydrogens is 256 g/mol. The third-order valence-electron chi connectivity index (χ3n) is 3.02. The second kappa shape index (κ2) is 5.60. The predicted molar refractivity (Wildman–Crippen MR) is 65.8 cm³/mol. The van der Waals surface area contributed by atoms with Gasteiger partial charge in [-0.25, -0.2) is 4.79 Å². The van der Waals surface area contributed by atoms with Gasteiger partial charge in [0.05, 0.1) is 12.5 Å². The summed E-state index contributed by atoms with van der Waals surface area (Å²) in [6.07, 6.45) is 0.885. The van der Waals surface area contributed by atoms with E-state index >= 15 is 0 Å². The molecule has 18 heavy (non-hydrogen) atoms. The van der Waals surface area contributed by atoms with Crippen molar-refractivity contribution in [2.24, 2.45) is 0 Å². The van der Waals surface area contributed by atoms with Crippen molar-refractivity contribution in [2.45, 2.75) is 31.8 Å². The molecule has 0 radical (unpaired) electrons. The topological polar surface area (TPSA) is 75.7 Å². The molecule has 2 unspecified atom stereocenters. The average molecular weight is 272 g/mol. The molecule has 100 valence electrons. The molecule has 0 aliphatic carbocycles. The first kappa shape index (κ1) is 13.2. The van der Waals surface area contributed by atoms with Crippen LogP contribution in [0.3, 0.4) is 0 Å². The van der Waals surface area contributed by atoms with Gasteiger partial charge in [-0.3, -0.25) is 9.59 Å². The number of carbonyl (C=O) groups excluding carboxylic acids is 3. The molecule has 2 amide bonds. The van der Waals surface area contributed by atoms with Crippen LogP contribution in [0.2, 0.25) is 0 Å².